The van der Waals surface area contributed by atoms with Crippen molar-refractivity contribution >= 4 is 34.3 Å². The topological polar surface area (TPSA) is 113 Å². The van der Waals surface area contributed by atoms with Crippen LogP contribution < -0.4 is 26.4 Å². The number of carbonyl (C=O) groups is 1. The Hall–Kier alpha value is -4.28. The predicted molar refractivity (Wildman–Crippen MR) is 156 cm³/mol. The number of rotatable bonds is 6. The standard InChI is InChI=1S/C30H33N7O3/c1-18-15-36(16-19(2)32-18)23-9-5-8-22(13-23)33-30-31-14-25-27(38)26(29(39)35-40-3)17-37(28(25)34-30)24-11-10-20-6-4-7-21(20)12-24/h5,8-14,17-19,32H,4,6-7,15-16H2,1-3H3,(H,35,39)(H,31,33,34). The summed E-state index contributed by atoms with van der Waals surface area (Å²) in [6, 6.07) is 15.2. The number of fused-ring (bicyclic) bond motifs is 2. The van der Waals surface area contributed by atoms with Crippen LogP contribution in [-0.4, -0.2) is 52.7 Å². The number of pyridine rings is 1. The van der Waals surface area contributed by atoms with Crippen molar-refractivity contribution < 1.29 is 9.63 Å². The average Bonchev–Trinajstić information content (AvgIpc) is 3.41. The molecule has 10 heteroatoms. The van der Waals surface area contributed by atoms with Gasteiger partial charge in [-0.25, -0.2) is 10.5 Å². The molecule has 0 radical (unpaired) electrons. The Morgan fingerprint density at radius 2 is 1.85 bits per heavy atom. The number of benzene rings is 2. The van der Waals surface area contributed by atoms with E-state index in [4.69, 9.17) is 9.82 Å². The van der Waals surface area contributed by atoms with E-state index in [1.54, 1.807) is 4.57 Å². The van der Waals surface area contributed by atoms with Gasteiger partial charge in [0.25, 0.3) is 5.91 Å². The molecule has 6 rings (SSSR count). The van der Waals surface area contributed by atoms with Crippen molar-refractivity contribution in [3.05, 3.63) is 81.8 Å². The van der Waals surface area contributed by atoms with Gasteiger partial charge in [0.1, 0.15) is 5.56 Å². The first-order valence-corrected chi connectivity index (χ1v) is 13.7. The van der Waals surface area contributed by atoms with Gasteiger partial charge in [0.05, 0.1) is 12.5 Å². The fourth-order valence-corrected chi connectivity index (χ4v) is 5.83. The van der Waals surface area contributed by atoms with Gasteiger partial charge >= 0.3 is 0 Å². The lowest BCUT2D eigenvalue weighted by atomic mass is 10.1. The van der Waals surface area contributed by atoms with Crippen molar-refractivity contribution in [1.82, 2.24) is 25.3 Å². The number of aromatic nitrogens is 3. The highest BCUT2D eigenvalue weighted by Crippen LogP contribution is 2.27. The van der Waals surface area contributed by atoms with E-state index in [1.807, 2.05) is 18.2 Å². The zero-order valence-electron chi connectivity index (χ0n) is 22.9. The fraction of sp³-hybridized carbons (Fsp3) is 0.333. The van der Waals surface area contributed by atoms with Gasteiger partial charge in [-0.1, -0.05) is 12.1 Å². The summed E-state index contributed by atoms with van der Waals surface area (Å²) in [5, 5.41) is 7.13. The molecule has 0 bridgehead atoms. The molecule has 1 aliphatic carbocycles. The molecular formula is C30H33N7O3. The van der Waals surface area contributed by atoms with Crippen LogP contribution >= 0.6 is 0 Å². The minimum Gasteiger partial charge on any atom is -0.368 e. The van der Waals surface area contributed by atoms with Gasteiger partial charge in [-0.15, -0.1) is 0 Å². The maximum Gasteiger partial charge on any atom is 0.280 e. The van der Waals surface area contributed by atoms with Crippen LogP contribution in [0.15, 0.2) is 59.7 Å². The molecule has 2 atom stereocenters. The minimum absolute atomic E-state index is 0.0497. The molecule has 40 heavy (non-hydrogen) atoms. The molecule has 4 aromatic rings. The molecule has 1 saturated heterocycles. The lowest BCUT2D eigenvalue weighted by Crippen LogP contribution is -2.54. The van der Waals surface area contributed by atoms with Crippen molar-refractivity contribution in [2.75, 3.05) is 30.4 Å². The molecule has 3 heterocycles. The van der Waals surface area contributed by atoms with E-state index in [1.165, 1.54) is 30.6 Å². The zero-order chi connectivity index (χ0) is 27.8. The summed E-state index contributed by atoms with van der Waals surface area (Å²) in [5.41, 5.74) is 7.55. The number of hydrogen-bond acceptors (Lipinski definition) is 8. The van der Waals surface area contributed by atoms with E-state index in [0.29, 0.717) is 23.7 Å². The van der Waals surface area contributed by atoms with Crippen LogP contribution in [0.2, 0.25) is 0 Å². The van der Waals surface area contributed by atoms with Crippen LogP contribution in [0.1, 0.15) is 41.8 Å². The zero-order valence-corrected chi connectivity index (χ0v) is 22.9. The Morgan fingerprint density at radius 1 is 1.05 bits per heavy atom. The molecule has 0 spiro atoms. The second-order valence-electron chi connectivity index (χ2n) is 10.7. The van der Waals surface area contributed by atoms with Gasteiger partial charge in [0.2, 0.25) is 11.4 Å². The van der Waals surface area contributed by atoms with E-state index in [0.717, 1.165) is 49.4 Å². The van der Waals surface area contributed by atoms with E-state index >= 15 is 0 Å². The minimum atomic E-state index is -0.625. The first-order valence-electron chi connectivity index (χ1n) is 13.7. The molecule has 2 unspecified atom stereocenters. The van der Waals surface area contributed by atoms with Crippen LogP contribution in [-0.2, 0) is 17.7 Å². The van der Waals surface area contributed by atoms with Crippen LogP contribution in [0.4, 0.5) is 17.3 Å². The highest BCUT2D eigenvalue weighted by molar-refractivity contribution is 5.96. The number of nitrogens with zero attached hydrogens (tertiary/aromatic N) is 4. The molecule has 1 amide bonds. The Bertz CT molecular complexity index is 1640. The number of carbonyl (C=O) groups excluding carboxylic acids is 1. The third kappa shape index (κ3) is 5.03. The summed E-state index contributed by atoms with van der Waals surface area (Å²) in [5.74, 6) is -0.269. The third-order valence-corrected chi connectivity index (χ3v) is 7.57. The molecule has 2 aliphatic rings. The Morgan fingerprint density at radius 3 is 2.65 bits per heavy atom. The summed E-state index contributed by atoms with van der Waals surface area (Å²) in [7, 11) is 1.33. The highest BCUT2D eigenvalue weighted by Gasteiger charge is 2.22. The molecule has 1 fully saturated rings. The third-order valence-electron chi connectivity index (χ3n) is 7.57. The number of hydrogen-bond donors (Lipinski definition) is 3. The van der Waals surface area contributed by atoms with E-state index in [-0.39, 0.29) is 10.9 Å². The number of aryl methyl sites for hydroxylation is 2. The maximum absolute atomic E-state index is 13.3. The van der Waals surface area contributed by atoms with Crippen molar-refractivity contribution in [3.63, 3.8) is 0 Å². The van der Waals surface area contributed by atoms with Crippen molar-refractivity contribution in [2.45, 2.75) is 45.2 Å². The monoisotopic (exact) mass is 539 g/mol. The smallest absolute Gasteiger partial charge is 0.280 e. The molecule has 2 aromatic heterocycles. The van der Waals surface area contributed by atoms with Crippen LogP contribution in [0, 0.1) is 0 Å². The van der Waals surface area contributed by atoms with Gasteiger partial charge in [-0.05, 0) is 74.6 Å². The molecule has 10 nitrogen and oxygen atoms in total. The van der Waals surface area contributed by atoms with Crippen molar-refractivity contribution in [1.29, 1.82) is 0 Å². The fourth-order valence-electron chi connectivity index (χ4n) is 5.83. The average molecular weight is 540 g/mol. The Kier molecular flexibility index (Phi) is 6.95. The van der Waals surface area contributed by atoms with Crippen LogP contribution in [0.3, 0.4) is 0 Å². The number of amides is 1. The van der Waals surface area contributed by atoms with Crippen LogP contribution in [0.5, 0.6) is 0 Å². The quantitative estimate of drug-likeness (QED) is 0.319. The van der Waals surface area contributed by atoms with Crippen molar-refractivity contribution in [2.24, 2.45) is 0 Å². The van der Waals surface area contributed by atoms with Gasteiger partial charge in [-0.3, -0.25) is 14.4 Å². The molecule has 2 aromatic carbocycles. The van der Waals surface area contributed by atoms with Crippen LogP contribution in [0.25, 0.3) is 16.7 Å². The largest absolute Gasteiger partial charge is 0.368 e. The number of anilines is 3. The first-order chi connectivity index (χ1) is 19.4. The predicted octanol–water partition coefficient (Wildman–Crippen LogP) is 3.49. The molecule has 1 aliphatic heterocycles. The van der Waals surface area contributed by atoms with Gasteiger partial charge in [-0.2, -0.15) is 4.98 Å². The first kappa shape index (κ1) is 26.0. The molecular weight excluding hydrogens is 506 g/mol. The normalized spacial score (nSPS) is 18.5. The lowest BCUT2D eigenvalue weighted by molar-refractivity contribution is 0.0536. The van der Waals surface area contributed by atoms with E-state index in [9.17, 15) is 9.59 Å². The number of nitrogens with one attached hydrogen (secondary N) is 3. The second-order valence-corrected chi connectivity index (χ2v) is 10.7. The summed E-state index contributed by atoms with van der Waals surface area (Å²) in [4.78, 5) is 42.4. The highest BCUT2D eigenvalue weighted by atomic mass is 16.6. The van der Waals surface area contributed by atoms with E-state index in [2.05, 4.69) is 64.1 Å². The summed E-state index contributed by atoms with van der Waals surface area (Å²) in [6.07, 6.45) is 6.18. The Labute approximate surface area is 232 Å². The second kappa shape index (κ2) is 10.7. The molecule has 3 N–H and O–H groups in total. The summed E-state index contributed by atoms with van der Waals surface area (Å²) >= 11 is 0. The summed E-state index contributed by atoms with van der Waals surface area (Å²) < 4.78 is 1.78. The van der Waals surface area contributed by atoms with Gasteiger partial charge in [0, 0.05) is 54.6 Å². The lowest BCUT2D eigenvalue weighted by Gasteiger charge is -2.37. The number of hydroxylamine groups is 1. The van der Waals surface area contributed by atoms with Gasteiger partial charge in [0.15, 0.2) is 5.65 Å². The summed E-state index contributed by atoms with van der Waals surface area (Å²) in [6.45, 7) is 6.23. The van der Waals surface area contributed by atoms with Crippen molar-refractivity contribution in [3.8, 4) is 5.69 Å². The number of piperazine rings is 1. The molecule has 0 saturated carbocycles. The van der Waals surface area contributed by atoms with Gasteiger partial charge < -0.3 is 20.1 Å². The SMILES string of the molecule is CONC(=O)c1cn(-c2ccc3c(c2)CCC3)c2nc(Nc3cccc(N4CC(C)NC(C)C4)c3)ncc2c1=O. The maximum atomic E-state index is 13.3. The Balaban J connectivity index is 1.40. The molecule has 206 valence electrons. The van der Waals surface area contributed by atoms with E-state index < -0.39 is 11.3 Å².